The molecule has 2 aromatic heterocycles. The van der Waals surface area contributed by atoms with Gasteiger partial charge in [0, 0.05) is 24.5 Å². The van der Waals surface area contributed by atoms with Gasteiger partial charge < -0.3 is 9.14 Å². The Hall–Kier alpha value is -2.32. The van der Waals surface area contributed by atoms with E-state index in [1.807, 2.05) is 46.8 Å². The number of likely N-dealkylation sites (N-methyl/N-ethyl adjacent to an activating group) is 1. The second-order valence-electron chi connectivity index (χ2n) is 4.74. The summed E-state index contributed by atoms with van der Waals surface area (Å²) in [6, 6.07) is 8.02. The Balaban J connectivity index is 2.21. The highest BCUT2D eigenvalue weighted by molar-refractivity contribution is 5.71. The van der Waals surface area contributed by atoms with Gasteiger partial charge in [-0.3, -0.25) is 9.69 Å². The summed E-state index contributed by atoms with van der Waals surface area (Å²) in [6.45, 7) is 5.68. The van der Waals surface area contributed by atoms with E-state index in [1.54, 1.807) is 6.92 Å². The van der Waals surface area contributed by atoms with Crippen molar-refractivity contribution in [2.75, 3.05) is 19.7 Å². The number of hydrogen-bond donors (Lipinski definition) is 0. The summed E-state index contributed by atoms with van der Waals surface area (Å²) in [5.74, 6) is -0.235. The predicted octanol–water partition coefficient (Wildman–Crippen LogP) is 2.20. The molecule has 0 aliphatic carbocycles. The smallest absolute Gasteiger partial charge is 0.320 e. The van der Waals surface area contributed by atoms with Gasteiger partial charge in [-0.1, -0.05) is 13.0 Å². The number of aromatic nitrogens is 1. The van der Waals surface area contributed by atoms with Crippen LogP contribution < -0.4 is 0 Å². The molecule has 0 atom stereocenters. The van der Waals surface area contributed by atoms with E-state index in [1.165, 1.54) is 0 Å². The SMILES string of the molecule is CCOC(=O)CN(CC)Cc1cn2ccccc2c1C#N. The summed E-state index contributed by atoms with van der Waals surface area (Å²) in [7, 11) is 0. The molecule has 0 unspecified atom stereocenters. The van der Waals surface area contributed by atoms with Gasteiger partial charge >= 0.3 is 5.97 Å². The lowest BCUT2D eigenvalue weighted by Gasteiger charge is -2.18. The van der Waals surface area contributed by atoms with Crippen molar-refractivity contribution < 1.29 is 9.53 Å². The quantitative estimate of drug-likeness (QED) is 0.763. The number of nitrogens with zero attached hydrogens (tertiary/aromatic N) is 3. The van der Waals surface area contributed by atoms with Gasteiger partial charge in [0.15, 0.2) is 0 Å². The molecule has 0 aliphatic heterocycles. The molecule has 5 nitrogen and oxygen atoms in total. The fraction of sp³-hybridized carbons (Fsp3) is 0.375. The van der Waals surface area contributed by atoms with Gasteiger partial charge in [-0.15, -0.1) is 0 Å². The molecule has 5 heteroatoms. The van der Waals surface area contributed by atoms with Crippen LogP contribution in [0.3, 0.4) is 0 Å². The Morgan fingerprint density at radius 2 is 2.24 bits per heavy atom. The Morgan fingerprint density at radius 3 is 2.90 bits per heavy atom. The van der Waals surface area contributed by atoms with Crippen molar-refractivity contribution in [3.8, 4) is 6.07 Å². The van der Waals surface area contributed by atoms with Crippen LogP contribution in [0.4, 0.5) is 0 Å². The molecule has 0 radical (unpaired) electrons. The molecular formula is C16H19N3O2. The van der Waals surface area contributed by atoms with Crippen molar-refractivity contribution in [1.82, 2.24) is 9.30 Å². The third-order valence-corrected chi connectivity index (χ3v) is 3.37. The van der Waals surface area contributed by atoms with Gasteiger partial charge in [-0.05, 0) is 25.6 Å². The van der Waals surface area contributed by atoms with Gasteiger partial charge in [-0.25, -0.2) is 0 Å². The van der Waals surface area contributed by atoms with E-state index in [-0.39, 0.29) is 12.5 Å². The van der Waals surface area contributed by atoms with Crippen molar-refractivity contribution in [2.24, 2.45) is 0 Å². The number of fused-ring (bicyclic) bond motifs is 1. The van der Waals surface area contributed by atoms with Crippen LogP contribution in [0, 0.1) is 11.3 Å². The number of carbonyl (C=O) groups excluding carboxylic acids is 1. The Labute approximate surface area is 124 Å². The minimum Gasteiger partial charge on any atom is -0.465 e. The van der Waals surface area contributed by atoms with E-state index in [0.717, 1.165) is 17.6 Å². The predicted molar refractivity (Wildman–Crippen MR) is 79.7 cm³/mol. The molecule has 2 aromatic rings. The number of carbonyl (C=O) groups is 1. The molecule has 0 amide bonds. The topological polar surface area (TPSA) is 57.7 Å². The van der Waals surface area contributed by atoms with Crippen LogP contribution in [0.25, 0.3) is 5.52 Å². The third kappa shape index (κ3) is 3.41. The first-order chi connectivity index (χ1) is 10.2. The molecule has 0 saturated heterocycles. The molecule has 0 bridgehead atoms. The molecule has 0 spiro atoms. The van der Waals surface area contributed by atoms with Crippen LogP contribution >= 0.6 is 0 Å². The van der Waals surface area contributed by atoms with Crippen LogP contribution in [0.5, 0.6) is 0 Å². The molecule has 2 heterocycles. The Bertz CT molecular complexity index is 670. The molecular weight excluding hydrogens is 266 g/mol. The van der Waals surface area contributed by atoms with Gasteiger partial charge in [0.2, 0.25) is 0 Å². The summed E-state index contributed by atoms with van der Waals surface area (Å²) < 4.78 is 6.91. The molecule has 21 heavy (non-hydrogen) atoms. The fourth-order valence-corrected chi connectivity index (χ4v) is 2.34. The molecule has 0 saturated carbocycles. The second-order valence-corrected chi connectivity index (χ2v) is 4.74. The average Bonchev–Trinajstić information content (AvgIpc) is 2.83. The highest BCUT2D eigenvalue weighted by Gasteiger charge is 2.15. The monoisotopic (exact) mass is 285 g/mol. The van der Waals surface area contributed by atoms with Crippen LogP contribution in [0.1, 0.15) is 25.0 Å². The highest BCUT2D eigenvalue weighted by Crippen LogP contribution is 2.19. The maximum Gasteiger partial charge on any atom is 0.320 e. The Morgan fingerprint density at radius 1 is 1.43 bits per heavy atom. The fourth-order valence-electron chi connectivity index (χ4n) is 2.34. The van der Waals surface area contributed by atoms with Crippen molar-refractivity contribution in [2.45, 2.75) is 20.4 Å². The van der Waals surface area contributed by atoms with E-state index < -0.39 is 0 Å². The van der Waals surface area contributed by atoms with Gasteiger partial charge in [-0.2, -0.15) is 5.26 Å². The second kappa shape index (κ2) is 6.91. The molecule has 110 valence electrons. The average molecular weight is 285 g/mol. The largest absolute Gasteiger partial charge is 0.465 e. The number of hydrogen-bond acceptors (Lipinski definition) is 4. The Kier molecular flexibility index (Phi) is 4.96. The van der Waals surface area contributed by atoms with E-state index in [4.69, 9.17) is 4.74 Å². The molecule has 2 rings (SSSR count). The number of rotatable bonds is 6. The van der Waals surface area contributed by atoms with Crippen molar-refractivity contribution in [3.63, 3.8) is 0 Å². The summed E-state index contributed by atoms with van der Waals surface area (Å²) in [6.07, 6.45) is 3.86. The molecule has 0 aromatic carbocycles. The van der Waals surface area contributed by atoms with Crippen LogP contribution in [0.2, 0.25) is 0 Å². The lowest BCUT2D eigenvalue weighted by molar-refractivity contribution is -0.144. The number of pyridine rings is 1. The first-order valence-electron chi connectivity index (χ1n) is 7.06. The minimum absolute atomic E-state index is 0.235. The van der Waals surface area contributed by atoms with E-state index in [2.05, 4.69) is 6.07 Å². The summed E-state index contributed by atoms with van der Waals surface area (Å²) in [5, 5.41) is 9.38. The lowest BCUT2D eigenvalue weighted by Crippen LogP contribution is -2.30. The zero-order valence-corrected chi connectivity index (χ0v) is 12.4. The summed E-state index contributed by atoms with van der Waals surface area (Å²) >= 11 is 0. The number of ether oxygens (including phenoxy) is 1. The number of nitriles is 1. The normalized spacial score (nSPS) is 10.8. The minimum atomic E-state index is -0.235. The maximum atomic E-state index is 11.6. The van der Waals surface area contributed by atoms with Crippen molar-refractivity contribution >= 4 is 11.5 Å². The van der Waals surface area contributed by atoms with E-state index in [9.17, 15) is 10.1 Å². The van der Waals surface area contributed by atoms with Crippen LogP contribution in [0.15, 0.2) is 30.6 Å². The van der Waals surface area contributed by atoms with Crippen LogP contribution in [-0.2, 0) is 16.1 Å². The first kappa shape index (κ1) is 15.1. The lowest BCUT2D eigenvalue weighted by atomic mass is 10.1. The summed E-state index contributed by atoms with van der Waals surface area (Å²) in [5.41, 5.74) is 2.48. The van der Waals surface area contributed by atoms with Crippen LogP contribution in [-0.4, -0.2) is 35.0 Å². The van der Waals surface area contributed by atoms with E-state index >= 15 is 0 Å². The first-order valence-corrected chi connectivity index (χ1v) is 7.06. The van der Waals surface area contributed by atoms with Gasteiger partial charge in [0.1, 0.15) is 6.07 Å². The third-order valence-electron chi connectivity index (χ3n) is 3.37. The van der Waals surface area contributed by atoms with Crippen molar-refractivity contribution in [3.05, 3.63) is 41.7 Å². The number of esters is 1. The molecule has 0 N–H and O–H groups in total. The maximum absolute atomic E-state index is 11.6. The molecule has 0 fully saturated rings. The zero-order valence-electron chi connectivity index (χ0n) is 12.4. The zero-order chi connectivity index (χ0) is 15.2. The van der Waals surface area contributed by atoms with E-state index in [0.29, 0.717) is 18.7 Å². The molecule has 0 aliphatic rings. The van der Waals surface area contributed by atoms with Gasteiger partial charge in [0.25, 0.3) is 0 Å². The standard InChI is InChI=1S/C16H19N3O2/c1-3-18(12-16(20)21-4-2)10-13-11-19-8-6-5-7-15(19)14(13)9-17/h5-8,11H,3-4,10,12H2,1-2H3. The summed E-state index contributed by atoms with van der Waals surface area (Å²) in [4.78, 5) is 13.6. The van der Waals surface area contributed by atoms with Gasteiger partial charge in [0.05, 0.1) is 24.2 Å². The van der Waals surface area contributed by atoms with Crippen molar-refractivity contribution in [1.29, 1.82) is 5.26 Å². The highest BCUT2D eigenvalue weighted by atomic mass is 16.5.